The third kappa shape index (κ3) is 2.99. The predicted molar refractivity (Wildman–Crippen MR) is 117 cm³/mol. The van der Waals surface area contributed by atoms with E-state index in [-0.39, 0.29) is 5.78 Å². The number of hydrogen-bond acceptors (Lipinski definition) is 5. The van der Waals surface area contributed by atoms with Crippen molar-refractivity contribution in [3.8, 4) is 11.5 Å². The highest BCUT2D eigenvalue weighted by Gasteiger charge is 2.52. The number of ether oxygens (including phenoxy) is 2. The number of carbonyl (C=O) groups excluding carboxylic acids is 1. The van der Waals surface area contributed by atoms with E-state index in [0.29, 0.717) is 11.5 Å². The summed E-state index contributed by atoms with van der Waals surface area (Å²) in [4.78, 5) is 14.5. The predicted octanol–water partition coefficient (Wildman–Crippen LogP) is 3.71. The minimum Gasteiger partial charge on any atom is -0.496 e. The van der Waals surface area contributed by atoms with Gasteiger partial charge in [0.25, 0.3) is 0 Å². The molecule has 0 amide bonds. The first-order valence-corrected chi connectivity index (χ1v) is 9.74. The van der Waals surface area contributed by atoms with Crippen molar-refractivity contribution in [2.75, 3.05) is 14.2 Å². The van der Waals surface area contributed by atoms with E-state index in [1.165, 1.54) is 0 Å². The fraction of sp³-hybridized carbons (Fsp3) is 0.160. The number of benzene rings is 2. The summed E-state index contributed by atoms with van der Waals surface area (Å²) in [5, 5.41) is 6.63. The second-order valence-electron chi connectivity index (χ2n) is 7.07. The standard InChI is InChI=1S/C25H24N2O3/c1-29-21-13-5-3-11-19(21)24(15-7-9-17-26-24)23(28)25(16-8-10-18-27-25)20-12-4-6-14-22(20)30-2/h3-18,26-27H,1-2H3. The zero-order valence-electron chi connectivity index (χ0n) is 17.0. The number of ketones is 1. The zero-order valence-corrected chi connectivity index (χ0v) is 17.0. The molecule has 0 saturated carbocycles. The van der Waals surface area contributed by atoms with Gasteiger partial charge in [-0.2, -0.15) is 0 Å². The van der Waals surface area contributed by atoms with E-state index in [1.54, 1.807) is 26.6 Å². The van der Waals surface area contributed by atoms with Crippen LogP contribution in [0.4, 0.5) is 0 Å². The number of para-hydroxylation sites is 2. The number of carbonyl (C=O) groups is 1. The minimum atomic E-state index is -1.15. The van der Waals surface area contributed by atoms with Gasteiger partial charge in [0, 0.05) is 11.1 Å². The molecule has 2 aliphatic heterocycles. The van der Waals surface area contributed by atoms with E-state index < -0.39 is 11.1 Å². The largest absolute Gasteiger partial charge is 0.496 e. The van der Waals surface area contributed by atoms with Crippen LogP contribution in [0.2, 0.25) is 0 Å². The molecule has 5 heteroatoms. The molecule has 0 saturated heterocycles. The Morgan fingerprint density at radius 3 is 1.50 bits per heavy atom. The Balaban J connectivity index is 1.96. The van der Waals surface area contributed by atoms with E-state index in [1.807, 2.05) is 85.0 Å². The fourth-order valence-corrected chi connectivity index (χ4v) is 4.08. The first-order valence-electron chi connectivity index (χ1n) is 9.74. The van der Waals surface area contributed by atoms with Gasteiger partial charge in [-0.25, -0.2) is 0 Å². The molecule has 4 rings (SSSR count). The maximum atomic E-state index is 14.5. The van der Waals surface area contributed by atoms with E-state index in [4.69, 9.17) is 9.47 Å². The summed E-state index contributed by atoms with van der Waals surface area (Å²) in [6.07, 6.45) is 14.8. The molecule has 0 spiro atoms. The molecule has 2 heterocycles. The van der Waals surface area contributed by atoms with E-state index in [0.717, 1.165) is 11.1 Å². The molecular formula is C25H24N2O3. The lowest BCUT2D eigenvalue weighted by molar-refractivity contribution is -0.128. The van der Waals surface area contributed by atoms with Crippen molar-refractivity contribution in [3.05, 3.63) is 109 Å². The Bertz CT molecular complexity index is 986. The van der Waals surface area contributed by atoms with Gasteiger partial charge in [0.15, 0.2) is 0 Å². The first-order chi connectivity index (χ1) is 14.7. The first kappa shape index (κ1) is 19.6. The Kier molecular flexibility index (Phi) is 5.19. The summed E-state index contributed by atoms with van der Waals surface area (Å²) in [6, 6.07) is 15.1. The van der Waals surface area contributed by atoms with Gasteiger partial charge in [-0.3, -0.25) is 4.79 Å². The van der Waals surface area contributed by atoms with Crippen molar-refractivity contribution >= 4 is 5.78 Å². The number of dihydropyridines is 2. The molecule has 0 radical (unpaired) electrons. The van der Waals surface area contributed by atoms with E-state index in [9.17, 15) is 4.79 Å². The average molecular weight is 400 g/mol. The van der Waals surface area contributed by atoms with Crippen molar-refractivity contribution in [2.45, 2.75) is 11.1 Å². The summed E-state index contributed by atoms with van der Waals surface area (Å²) in [5.74, 6) is 1.15. The SMILES string of the molecule is COc1ccccc1C1(C(=O)C2(c3ccccc3OC)C=CC=CN2)C=CC=CN1. The lowest BCUT2D eigenvalue weighted by Gasteiger charge is -2.42. The third-order valence-electron chi connectivity index (χ3n) is 5.51. The summed E-state index contributed by atoms with van der Waals surface area (Å²) in [5.41, 5.74) is -0.829. The summed E-state index contributed by atoms with van der Waals surface area (Å²) < 4.78 is 11.2. The lowest BCUT2D eigenvalue weighted by atomic mass is 9.71. The van der Waals surface area contributed by atoms with Crippen LogP contribution in [-0.4, -0.2) is 20.0 Å². The van der Waals surface area contributed by atoms with Gasteiger partial charge in [0.05, 0.1) is 14.2 Å². The van der Waals surface area contributed by atoms with Crippen molar-refractivity contribution in [1.82, 2.24) is 10.6 Å². The van der Waals surface area contributed by atoms with Crippen molar-refractivity contribution in [1.29, 1.82) is 0 Å². The molecule has 2 atom stereocenters. The van der Waals surface area contributed by atoms with Crippen LogP contribution in [0.1, 0.15) is 11.1 Å². The molecule has 2 unspecified atom stereocenters. The Hall–Kier alpha value is -3.73. The van der Waals surface area contributed by atoms with Gasteiger partial charge in [-0.1, -0.05) is 48.6 Å². The van der Waals surface area contributed by atoms with Crippen LogP contribution >= 0.6 is 0 Å². The Morgan fingerprint density at radius 1 is 0.700 bits per heavy atom. The smallest absolute Gasteiger partial charge is 0.200 e. The maximum Gasteiger partial charge on any atom is 0.200 e. The monoisotopic (exact) mass is 400 g/mol. The van der Waals surface area contributed by atoms with Gasteiger partial charge >= 0.3 is 0 Å². The van der Waals surface area contributed by atoms with Gasteiger partial charge in [0.1, 0.15) is 22.6 Å². The Labute approximate surface area is 176 Å². The van der Waals surface area contributed by atoms with Crippen LogP contribution < -0.4 is 20.1 Å². The molecule has 0 bridgehead atoms. The van der Waals surface area contributed by atoms with Crippen molar-refractivity contribution < 1.29 is 14.3 Å². The molecule has 0 fully saturated rings. The number of allylic oxidation sites excluding steroid dienone is 4. The molecule has 0 aliphatic carbocycles. The van der Waals surface area contributed by atoms with Crippen LogP contribution in [-0.2, 0) is 15.9 Å². The normalized spacial score (nSPS) is 24.1. The molecule has 2 aliphatic rings. The van der Waals surface area contributed by atoms with E-state index in [2.05, 4.69) is 10.6 Å². The molecule has 0 aromatic heterocycles. The number of hydrogen-bond donors (Lipinski definition) is 2. The highest BCUT2D eigenvalue weighted by Crippen LogP contribution is 2.42. The lowest BCUT2D eigenvalue weighted by Crippen LogP contribution is -2.59. The van der Waals surface area contributed by atoms with Gasteiger partial charge < -0.3 is 20.1 Å². The average Bonchev–Trinajstić information content (AvgIpc) is 2.84. The molecule has 2 aromatic rings. The number of Topliss-reactive ketones (excluding diaryl/α,β-unsaturated/α-hetero) is 1. The van der Waals surface area contributed by atoms with Crippen LogP contribution in [0.15, 0.2) is 97.4 Å². The van der Waals surface area contributed by atoms with Crippen LogP contribution in [0.3, 0.4) is 0 Å². The van der Waals surface area contributed by atoms with Crippen LogP contribution in [0, 0.1) is 0 Å². The summed E-state index contributed by atoms with van der Waals surface area (Å²) in [6.45, 7) is 0. The highest BCUT2D eigenvalue weighted by molar-refractivity contribution is 6.03. The third-order valence-corrected chi connectivity index (χ3v) is 5.51. The molecule has 30 heavy (non-hydrogen) atoms. The molecule has 2 N–H and O–H groups in total. The van der Waals surface area contributed by atoms with Crippen molar-refractivity contribution in [2.24, 2.45) is 0 Å². The van der Waals surface area contributed by atoms with Crippen LogP contribution in [0.25, 0.3) is 0 Å². The molecule has 152 valence electrons. The number of nitrogens with one attached hydrogen (secondary N) is 2. The highest BCUT2D eigenvalue weighted by atomic mass is 16.5. The summed E-state index contributed by atoms with van der Waals surface area (Å²) in [7, 11) is 3.22. The quantitative estimate of drug-likeness (QED) is 0.774. The van der Waals surface area contributed by atoms with Gasteiger partial charge in [-0.15, -0.1) is 0 Å². The Morgan fingerprint density at radius 2 is 1.13 bits per heavy atom. The van der Waals surface area contributed by atoms with Gasteiger partial charge in [0.2, 0.25) is 5.78 Å². The van der Waals surface area contributed by atoms with Crippen molar-refractivity contribution in [3.63, 3.8) is 0 Å². The molecular weight excluding hydrogens is 376 g/mol. The maximum absolute atomic E-state index is 14.5. The van der Waals surface area contributed by atoms with E-state index >= 15 is 0 Å². The fourth-order valence-electron chi connectivity index (χ4n) is 4.08. The number of rotatable bonds is 6. The second-order valence-corrected chi connectivity index (χ2v) is 7.07. The number of methoxy groups -OCH3 is 2. The zero-order chi connectivity index (χ0) is 21.0. The topological polar surface area (TPSA) is 59.6 Å². The minimum absolute atomic E-state index is 0.106. The molecule has 2 aromatic carbocycles. The van der Waals surface area contributed by atoms with Gasteiger partial charge in [-0.05, 0) is 48.8 Å². The second kappa shape index (κ2) is 7.95. The summed E-state index contributed by atoms with van der Waals surface area (Å²) >= 11 is 0. The molecule has 5 nitrogen and oxygen atoms in total. The van der Waals surface area contributed by atoms with Crippen LogP contribution in [0.5, 0.6) is 11.5 Å².